The number of para-hydroxylation sites is 2. The zero-order valence-corrected chi connectivity index (χ0v) is 39.0. The minimum absolute atomic E-state index is 1.13. The molecule has 2 nitrogen and oxygen atoms in total. The Bertz CT molecular complexity index is 3760. The monoisotopic (exact) mass is 894 g/mol. The van der Waals surface area contributed by atoms with E-state index < -0.39 is 8.07 Å². The summed E-state index contributed by atoms with van der Waals surface area (Å²) in [5, 5.41) is 10.3. The normalized spacial score (nSPS) is 11.8. The standard InChI is InChI=1S/C66H46N2Si/c1-7-23-47(24-8-1)50-43-58(48-25-9-2-10-26-48)66(59(44-50)49-27-11-3-12-28-49)68-64-41-39-51(67-62-37-21-19-35-56(62)57-36-20-22-38-63(57)67)45-60(64)61-46-55(40-42-65(61)68)69(52-29-13-4-14-30-52,53-31-15-5-16-32-53)54-33-17-6-18-34-54/h1-46H. The van der Waals surface area contributed by atoms with E-state index in [-0.39, 0.29) is 0 Å². The molecule has 0 bridgehead atoms. The molecule has 11 aromatic carbocycles. The van der Waals surface area contributed by atoms with Crippen LogP contribution in [0.3, 0.4) is 0 Å². The largest absolute Gasteiger partial charge is 0.309 e. The summed E-state index contributed by atoms with van der Waals surface area (Å²) in [6.45, 7) is 0. The molecule has 0 unspecified atom stereocenters. The highest BCUT2D eigenvalue weighted by Crippen LogP contribution is 2.44. The van der Waals surface area contributed by atoms with Crippen LogP contribution >= 0.6 is 0 Å². The van der Waals surface area contributed by atoms with Gasteiger partial charge in [-0.3, -0.25) is 0 Å². The molecule has 0 radical (unpaired) electrons. The van der Waals surface area contributed by atoms with Gasteiger partial charge in [0.25, 0.3) is 0 Å². The Labute approximate surface area is 403 Å². The second-order valence-corrected chi connectivity index (χ2v) is 21.8. The molecule has 69 heavy (non-hydrogen) atoms. The molecule has 0 aliphatic rings. The van der Waals surface area contributed by atoms with Crippen molar-refractivity contribution in [3.63, 3.8) is 0 Å². The first-order valence-electron chi connectivity index (χ1n) is 23.8. The first-order chi connectivity index (χ1) is 34.3. The number of hydrogen-bond donors (Lipinski definition) is 0. The average Bonchev–Trinajstić information content (AvgIpc) is 3.94. The Balaban J connectivity index is 1.19. The van der Waals surface area contributed by atoms with E-state index in [1.165, 1.54) is 86.7 Å². The van der Waals surface area contributed by atoms with Crippen molar-refractivity contribution < 1.29 is 0 Å². The topological polar surface area (TPSA) is 9.86 Å². The van der Waals surface area contributed by atoms with Crippen LogP contribution in [0.1, 0.15) is 0 Å². The quantitative estimate of drug-likeness (QED) is 0.101. The molecular weight excluding hydrogens is 849 g/mol. The zero-order valence-electron chi connectivity index (χ0n) is 38.0. The molecule has 2 heterocycles. The molecule has 0 atom stereocenters. The molecule has 0 saturated heterocycles. The van der Waals surface area contributed by atoms with Crippen LogP contribution in [0.2, 0.25) is 0 Å². The van der Waals surface area contributed by atoms with Crippen molar-refractivity contribution in [1.82, 2.24) is 9.13 Å². The fraction of sp³-hybridized carbons (Fsp3) is 0. The number of benzene rings is 11. The Morgan fingerprint density at radius 2 is 0.609 bits per heavy atom. The van der Waals surface area contributed by atoms with Crippen molar-refractivity contribution in [1.29, 1.82) is 0 Å². The van der Waals surface area contributed by atoms with Gasteiger partial charge in [-0.1, -0.05) is 231 Å². The van der Waals surface area contributed by atoms with Crippen LogP contribution in [-0.4, -0.2) is 17.2 Å². The number of nitrogens with zero attached hydrogens (tertiary/aromatic N) is 2. The van der Waals surface area contributed by atoms with E-state index in [4.69, 9.17) is 0 Å². The lowest BCUT2D eigenvalue weighted by molar-refractivity contribution is 1.17. The molecule has 0 aliphatic heterocycles. The summed E-state index contributed by atoms with van der Waals surface area (Å²) in [5.41, 5.74) is 14.0. The van der Waals surface area contributed by atoms with Crippen LogP contribution in [0, 0.1) is 0 Å². The third-order valence-electron chi connectivity index (χ3n) is 14.3. The molecule has 3 heteroatoms. The predicted octanol–water partition coefficient (Wildman–Crippen LogP) is 14.3. The highest BCUT2D eigenvalue weighted by molar-refractivity contribution is 7.20. The van der Waals surface area contributed by atoms with Gasteiger partial charge in [0.15, 0.2) is 8.07 Å². The van der Waals surface area contributed by atoms with Crippen molar-refractivity contribution in [2.24, 2.45) is 0 Å². The van der Waals surface area contributed by atoms with E-state index in [1.54, 1.807) is 0 Å². The fourth-order valence-electron chi connectivity index (χ4n) is 11.2. The van der Waals surface area contributed by atoms with E-state index in [0.29, 0.717) is 0 Å². The summed E-state index contributed by atoms with van der Waals surface area (Å²) in [4.78, 5) is 0. The summed E-state index contributed by atoms with van der Waals surface area (Å²) < 4.78 is 5.02. The second-order valence-electron chi connectivity index (χ2n) is 18.0. The maximum absolute atomic E-state index is 2.90. The van der Waals surface area contributed by atoms with Gasteiger partial charge in [0.05, 0.1) is 27.8 Å². The molecule has 2 aromatic heterocycles. The molecule has 0 fully saturated rings. The van der Waals surface area contributed by atoms with Crippen molar-refractivity contribution in [3.8, 4) is 44.8 Å². The lowest BCUT2D eigenvalue weighted by Gasteiger charge is -2.34. The van der Waals surface area contributed by atoms with Crippen molar-refractivity contribution in [2.45, 2.75) is 0 Å². The van der Waals surface area contributed by atoms with E-state index in [2.05, 4.69) is 288 Å². The SMILES string of the molecule is c1ccc(-c2cc(-c3ccccc3)c(-n3c4ccc(-n5c6ccccc6c6ccccc65)cc4c4cc([Si](c5ccccc5)(c5ccccc5)c5ccccc5)ccc43)c(-c3ccccc3)c2)cc1. The molecule has 0 aliphatic carbocycles. The summed E-state index contributed by atoms with van der Waals surface area (Å²) in [6.07, 6.45) is 0. The van der Waals surface area contributed by atoms with E-state index >= 15 is 0 Å². The zero-order chi connectivity index (χ0) is 45.7. The van der Waals surface area contributed by atoms with Gasteiger partial charge in [-0.05, 0) is 91.5 Å². The van der Waals surface area contributed by atoms with Gasteiger partial charge in [-0.25, -0.2) is 0 Å². The lowest BCUT2D eigenvalue weighted by Crippen LogP contribution is -2.74. The Hall–Kier alpha value is -8.76. The van der Waals surface area contributed by atoms with Crippen LogP contribution in [0.25, 0.3) is 88.4 Å². The van der Waals surface area contributed by atoms with Crippen LogP contribution in [0.15, 0.2) is 279 Å². The first kappa shape index (κ1) is 40.5. The van der Waals surface area contributed by atoms with Crippen LogP contribution in [0.5, 0.6) is 0 Å². The average molecular weight is 895 g/mol. The van der Waals surface area contributed by atoms with Gasteiger partial charge in [0.1, 0.15) is 0 Å². The van der Waals surface area contributed by atoms with Crippen molar-refractivity contribution in [3.05, 3.63) is 279 Å². The minimum atomic E-state index is -2.90. The molecule has 0 spiro atoms. The van der Waals surface area contributed by atoms with Gasteiger partial charge in [0, 0.05) is 38.4 Å². The Morgan fingerprint density at radius 1 is 0.232 bits per heavy atom. The molecule has 324 valence electrons. The Kier molecular flexibility index (Phi) is 9.88. The molecule has 13 rings (SSSR count). The van der Waals surface area contributed by atoms with Crippen LogP contribution < -0.4 is 20.7 Å². The Morgan fingerprint density at radius 3 is 1.09 bits per heavy atom. The van der Waals surface area contributed by atoms with Crippen molar-refractivity contribution >= 4 is 72.4 Å². The molecular formula is C66H46N2Si. The maximum Gasteiger partial charge on any atom is 0.179 e. The molecule has 0 saturated carbocycles. The second kappa shape index (κ2) is 16.8. The molecule has 0 amide bonds. The highest BCUT2D eigenvalue weighted by atomic mass is 28.3. The molecule has 13 aromatic rings. The van der Waals surface area contributed by atoms with Gasteiger partial charge < -0.3 is 9.13 Å². The summed E-state index contributed by atoms with van der Waals surface area (Å²) in [7, 11) is -2.90. The number of aromatic nitrogens is 2. The van der Waals surface area contributed by atoms with Crippen LogP contribution in [0.4, 0.5) is 0 Å². The number of fused-ring (bicyclic) bond motifs is 6. The smallest absolute Gasteiger partial charge is 0.179 e. The number of rotatable bonds is 9. The highest BCUT2D eigenvalue weighted by Gasteiger charge is 2.41. The lowest BCUT2D eigenvalue weighted by atomic mass is 9.90. The van der Waals surface area contributed by atoms with Gasteiger partial charge in [0.2, 0.25) is 0 Å². The summed E-state index contributed by atoms with van der Waals surface area (Å²) in [5.74, 6) is 0. The number of hydrogen-bond acceptors (Lipinski definition) is 0. The summed E-state index contributed by atoms with van der Waals surface area (Å²) in [6, 6.07) is 104. The van der Waals surface area contributed by atoms with Gasteiger partial charge in [-0.2, -0.15) is 0 Å². The van der Waals surface area contributed by atoms with Gasteiger partial charge in [-0.15, -0.1) is 0 Å². The third kappa shape index (κ3) is 6.62. The summed E-state index contributed by atoms with van der Waals surface area (Å²) >= 11 is 0. The molecule has 0 N–H and O–H groups in total. The van der Waals surface area contributed by atoms with E-state index in [0.717, 1.165) is 22.4 Å². The van der Waals surface area contributed by atoms with E-state index in [1.807, 2.05) is 0 Å². The van der Waals surface area contributed by atoms with Gasteiger partial charge >= 0.3 is 0 Å². The third-order valence-corrected chi connectivity index (χ3v) is 19.0. The van der Waals surface area contributed by atoms with Crippen molar-refractivity contribution in [2.75, 3.05) is 0 Å². The van der Waals surface area contributed by atoms with Crippen LogP contribution in [-0.2, 0) is 0 Å². The fourth-order valence-corrected chi connectivity index (χ4v) is 16.0. The van der Waals surface area contributed by atoms with E-state index in [9.17, 15) is 0 Å². The predicted molar refractivity (Wildman–Crippen MR) is 295 cm³/mol. The first-order valence-corrected chi connectivity index (χ1v) is 25.8. The maximum atomic E-state index is 2.57. The minimum Gasteiger partial charge on any atom is -0.309 e.